The van der Waals surface area contributed by atoms with E-state index in [1.165, 1.54) is 11.6 Å². The van der Waals surface area contributed by atoms with Crippen molar-refractivity contribution in [2.45, 2.75) is 69.1 Å². The number of carbonyl (C=O) groups excluding carboxylic acids is 1. The van der Waals surface area contributed by atoms with E-state index < -0.39 is 10.0 Å². The molecule has 2 fully saturated rings. The molecule has 1 heterocycles. The van der Waals surface area contributed by atoms with Crippen LogP contribution in [0.3, 0.4) is 0 Å². The summed E-state index contributed by atoms with van der Waals surface area (Å²) in [4.78, 5) is 14.1. The molecule has 1 aromatic carbocycles. The topological polar surface area (TPSA) is 84.9 Å². The highest BCUT2D eigenvalue weighted by Gasteiger charge is 2.36. The number of likely N-dealkylation sites (tertiary alicyclic amines) is 1. The first-order valence-corrected chi connectivity index (χ1v) is 14.1. The lowest BCUT2D eigenvalue weighted by Gasteiger charge is -2.41. The summed E-state index contributed by atoms with van der Waals surface area (Å²) < 4.78 is 38.7. The number of amides is 1. The fourth-order valence-corrected chi connectivity index (χ4v) is 5.87. The molecule has 2 unspecified atom stereocenters. The summed E-state index contributed by atoms with van der Waals surface area (Å²) in [6, 6.07) is 7.54. The van der Waals surface area contributed by atoms with E-state index in [1.54, 1.807) is 4.90 Å². The molecule has 7 nitrogen and oxygen atoms in total. The van der Waals surface area contributed by atoms with Crippen molar-refractivity contribution in [3.05, 3.63) is 55.1 Å². The minimum absolute atomic E-state index is 0.0894. The molecule has 1 saturated carbocycles. The van der Waals surface area contributed by atoms with Gasteiger partial charge in [0.2, 0.25) is 15.9 Å². The zero-order valence-electron chi connectivity index (χ0n) is 20.2. The Morgan fingerprint density at radius 2 is 1.91 bits per heavy atom. The Labute approximate surface area is 204 Å². The van der Waals surface area contributed by atoms with Gasteiger partial charge in [-0.2, -0.15) is 0 Å². The molecule has 1 aliphatic heterocycles. The standard InChI is InChI=1S/C26H38N2O5S/c1-4-6-18-32-25-12-8-7-10-22(25)20-13-15-21(16-14-20)33-19-24-23(27-34(3,30)31)11-9-17-28(24)26(29)5-2/h4-5,7-8,10,12,20-21,23-24,27H,1-2,6,9,11,13-19H2,3H3. The van der Waals surface area contributed by atoms with Crippen molar-refractivity contribution < 1.29 is 22.7 Å². The Balaban J connectivity index is 1.59. The van der Waals surface area contributed by atoms with Crippen LogP contribution in [0.5, 0.6) is 5.75 Å². The van der Waals surface area contributed by atoms with Gasteiger partial charge in [-0.05, 0) is 68.6 Å². The van der Waals surface area contributed by atoms with Gasteiger partial charge in [0.25, 0.3) is 0 Å². The molecule has 8 heteroatoms. The molecule has 3 rings (SSSR count). The van der Waals surface area contributed by atoms with Gasteiger partial charge in [0.05, 0.1) is 31.6 Å². The summed E-state index contributed by atoms with van der Waals surface area (Å²) in [5.41, 5.74) is 1.25. The van der Waals surface area contributed by atoms with Crippen LogP contribution in [0.15, 0.2) is 49.6 Å². The van der Waals surface area contributed by atoms with Gasteiger partial charge in [0, 0.05) is 12.6 Å². The van der Waals surface area contributed by atoms with Gasteiger partial charge in [-0.15, -0.1) is 6.58 Å². The maximum Gasteiger partial charge on any atom is 0.246 e. The number of nitrogens with zero attached hydrogens (tertiary/aromatic N) is 1. The van der Waals surface area contributed by atoms with Crippen LogP contribution in [0.2, 0.25) is 0 Å². The number of ether oxygens (including phenoxy) is 2. The molecule has 1 aromatic rings. The molecule has 1 N–H and O–H groups in total. The predicted octanol–water partition coefficient (Wildman–Crippen LogP) is 3.78. The third-order valence-corrected chi connectivity index (χ3v) is 7.45. The Kier molecular flexibility index (Phi) is 9.74. The average molecular weight is 491 g/mol. The summed E-state index contributed by atoms with van der Waals surface area (Å²) in [6.07, 6.45) is 10.4. The fourth-order valence-electron chi connectivity index (χ4n) is 5.04. The summed E-state index contributed by atoms with van der Waals surface area (Å²) in [6.45, 7) is 8.87. The smallest absolute Gasteiger partial charge is 0.246 e. The van der Waals surface area contributed by atoms with E-state index in [0.717, 1.165) is 50.5 Å². The zero-order chi connectivity index (χ0) is 24.6. The number of hydrogen-bond donors (Lipinski definition) is 1. The van der Waals surface area contributed by atoms with E-state index in [9.17, 15) is 13.2 Å². The van der Waals surface area contributed by atoms with Gasteiger partial charge in [-0.1, -0.05) is 30.9 Å². The van der Waals surface area contributed by atoms with Crippen LogP contribution in [0.4, 0.5) is 0 Å². The number of piperidine rings is 1. The van der Waals surface area contributed by atoms with Gasteiger partial charge >= 0.3 is 0 Å². The van der Waals surface area contributed by atoms with Crippen LogP contribution in [0, 0.1) is 0 Å². The van der Waals surface area contributed by atoms with Crippen molar-refractivity contribution in [1.29, 1.82) is 0 Å². The number of hydrogen-bond acceptors (Lipinski definition) is 5. The predicted molar refractivity (Wildman–Crippen MR) is 134 cm³/mol. The van der Waals surface area contributed by atoms with Crippen molar-refractivity contribution in [3.63, 3.8) is 0 Å². The highest BCUT2D eigenvalue weighted by atomic mass is 32.2. The number of sulfonamides is 1. The second kappa shape index (κ2) is 12.5. The molecule has 2 atom stereocenters. The summed E-state index contributed by atoms with van der Waals surface area (Å²) in [5.74, 6) is 1.18. The van der Waals surface area contributed by atoms with Gasteiger partial charge in [-0.25, -0.2) is 13.1 Å². The Morgan fingerprint density at radius 3 is 2.59 bits per heavy atom. The molecular weight excluding hydrogens is 452 g/mol. The summed E-state index contributed by atoms with van der Waals surface area (Å²) >= 11 is 0. The molecule has 0 aromatic heterocycles. The molecule has 34 heavy (non-hydrogen) atoms. The van der Waals surface area contributed by atoms with Crippen molar-refractivity contribution in [1.82, 2.24) is 9.62 Å². The summed E-state index contributed by atoms with van der Waals surface area (Å²) in [5, 5.41) is 0. The summed E-state index contributed by atoms with van der Waals surface area (Å²) in [7, 11) is -3.39. The van der Waals surface area contributed by atoms with Gasteiger partial charge in [0.1, 0.15) is 5.75 Å². The first kappa shape index (κ1) is 26.4. The molecule has 2 aliphatic rings. The maximum atomic E-state index is 12.4. The maximum absolute atomic E-state index is 12.4. The number of benzene rings is 1. The second-order valence-electron chi connectivity index (χ2n) is 9.21. The van der Waals surface area contributed by atoms with Crippen molar-refractivity contribution in [2.24, 2.45) is 0 Å². The number of rotatable bonds is 11. The van der Waals surface area contributed by atoms with Gasteiger partial charge in [0.15, 0.2) is 0 Å². The third-order valence-electron chi connectivity index (χ3n) is 6.72. The quantitative estimate of drug-likeness (QED) is 0.290. The van der Waals surface area contributed by atoms with E-state index in [0.29, 0.717) is 32.1 Å². The zero-order valence-corrected chi connectivity index (χ0v) is 21.0. The third kappa shape index (κ3) is 7.42. The van der Waals surface area contributed by atoms with Crippen molar-refractivity contribution in [2.75, 3.05) is 26.0 Å². The van der Waals surface area contributed by atoms with Crippen LogP contribution >= 0.6 is 0 Å². The normalized spacial score (nSPS) is 25.5. The van der Waals surface area contributed by atoms with Gasteiger partial charge < -0.3 is 14.4 Å². The van der Waals surface area contributed by atoms with E-state index in [1.807, 2.05) is 18.2 Å². The number of para-hydroxylation sites is 1. The molecule has 0 radical (unpaired) electrons. The average Bonchev–Trinajstić information content (AvgIpc) is 2.82. The van der Waals surface area contributed by atoms with E-state index in [4.69, 9.17) is 9.47 Å². The number of nitrogens with one attached hydrogen (secondary N) is 1. The molecule has 0 bridgehead atoms. The fraction of sp³-hybridized carbons (Fsp3) is 0.577. The highest BCUT2D eigenvalue weighted by Crippen LogP contribution is 2.38. The van der Waals surface area contributed by atoms with Crippen LogP contribution in [0.1, 0.15) is 56.4 Å². The van der Waals surface area contributed by atoms with Crippen LogP contribution in [-0.2, 0) is 19.6 Å². The van der Waals surface area contributed by atoms with E-state index >= 15 is 0 Å². The van der Waals surface area contributed by atoms with Crippen LogP contribution < -0.4 is 9.46 Å². The number of carbonyl (C=O) groups is 1. The lowest BCUT2D eigenvalue weighted by atomic mass is 9.82. The van der Waals surface area contributed by atoms with E-state index in [2.05, 4.69) is 30.0 Å². The molecule has 1 saturated heterocycles. The minimum Gasteiger partial charge on any atom is -0.493 e. The Hall–Kier alpha value is -2.16. The lowest BCUT2D eigenvalue weighted by Crippen LogP contribution is -2.58. The molecular formula is C26H38N2O5S. The lowest BCUT2D eigenvalue weighted by molar-refractivity contribution is -0.133. The first-order valence-electron chi connectivity index (χ1n) is 12.2. The van der Waals surface area contributed by atoms with Crippen molar-refractivity contribution >= 4 is 15.9 Å². The van der Waals surface area contributed by atoms with Gasteiger partial charge in [-0.3, -0.25) is 4.79 Å². The molecule has 188 valence electrons. The monoisotopic (exact) mass is 490 g/mol. The highest BCUT2D eigenvalue weighted by molar-refractivity contribution is 7.88. The Morgan fingerprint density at radius 1 is 1.18 bits per heavy atom. The Bertz CT molecular complexity index is 940. The minimum atomic E-state index is -3.39. The van der Waals surface area contributed by atoms with Crippen molar-refractivity contribution in [3.8, 4) is 5.75 Å². The molecule has 1 amide bonds. The first-order chi connectivity index (χ1) is 16.3. The second-order valence-corrected chi connectivity index (χ2v) is 11.0. The SMILES string of the molecule is C=CCCOc1ccccc1C1CCC(OCC2C(NS(C)(=O)=O)CCCN2C(=O)C=C)CC1. The van der Waals surface area contributed by atoms with Crippen LogP contribution in [0.25, 0.3) is 0 Å². The largest absolute Gasteiger partial charge is 0.493 e. The molecule has 0 spiro atoms. The molecule has 1 aliphatic carbocycles. The van der Waals surface area contributed by atoms with E-state index in [-0.39, 0.29) is 24.1 Å². The van der Waals surface area contributed by atoms with Crippen LogP contribution in [-0.4, -0.2) is 63.4 Å².